The molecular formula is C12H15NO5S. The monoisotopic (exact) mass is 285 g/mol. The van der Waals surface area contributed by atoms with Crippen LogP contribution in [-0.4, -0.2) is 37.7 Å². The van der Waals surface area contributed by atoms with Crippen LogP contribution in [0.15, 0.2) is 29.2 Å². The number of rotatable bonds is 5. The smallest absolute Gasteiger partial charge is 0.326 e. The molecule has 0 fully saturated rings. The molecule has 1 aromatic rings. The lowest BCUT2D eigenvalue weighted by atomic mass is 10.1. The molecule has 0 aromatic heterocycles. The summed E-state index contributed by atoms with van der Waals surface area (Å²) in [6.07, 6.45) is 1.34. The van der Waals surface area contributed by atoms with Crippen molar-refractivity contribution in [2.45, 2.75) is 24.3 Å². The first-order valence-electron chi connectivity index (χ1n) is 5.59. The molecule has 0 heterocycles. The topological polar surface area (TPSA) is 101 Å². The van der Waals surface area contributed by atoms with E-state index < -0.39 is 27.8 Å². The lowest BCUT2D eigenvalue weighted by Crippen LogP contribution is -2.40. The Morgan fingerprint density at radius 1 is 1.26 bits per heavy atom. The van der Waals surface area contributed by atoms with Crippen molar-refractivity contribution in [3.63, 3.8) is 0 Å². The van der Waals surface area contributed by atoms with E-state index in [-0.39, 0.29) is 16.9 Å². The van der Waals surface area contributed by atoms with E-state index in [1.807, 2.05) is 0 Å². The van der Waals surface area contributed by atoms with Crippen LogP contribution in [-0.2, 0) is 14.6 Å². The number of sulfone groups is 1. The molecule has 0 bridgehead atoms. The van der Waals surface area contributed by atoms with Gasteiger partial charge in [-0.15, -0.1) is 0 Å². The van der Waals surface area contributed by atoms with Crippen LogP contribution in [0.1, 0.15) is 23.7 Å². The van der Waals surface area contributed by atoms with E-state index in [0.29, 0.717) is 0 Å². The molecule has 19 heavy (non-hydrogen) atoms. The van der Waals surface area contributed by atoms with Crippen molar-refractivity contribution in [2.75, 3.05) is 6.26 Å². The van der Waals surface area contributed by atoms with Crippen molar-refractivity contribution in [2.24, 2.45) is 0 Å². The number of carbonyl (C=O) groups is 2. The Morgan fingerprint density at radius 2 is 1.79 bits per heavy atom. The van der Waals surface area contributed by atoms with Gasteiger partial charge in [0.25, 0.3) is 5.91 Å². The van der Waals surface area contributed by atoms with E-state index in [1.165, 1.54) is 24.3 Å². The van der Waals surface area contributed by atoms with Gasteiger partial charge in [-0.3, -0.25) is 4.79 Å². The Bertz CT molecular complexity index is 577. The minimum Gasteiger partial charge on any atom is -0.480 e. The molecule has 1 aromatic carbocycles. The minimum atomic E-state index is -3.31. The summed E-state index contributed by atoms with van der Waals surface area (Å²) in [5.41, 5.74) is 0.215. The maximum atomic E-state index is 11.8. The van der Waals surface area contributed by atoms with Gasteiger partial charge in [-0.05, 0) is 30.7 Å². The summed E-state index contributed by atoms with van der Waals surface area (Å²) < 4.78 is 22.5. The number of carboxylic acid groups (broad SMARTS) is 1. The fourth-order valence-corrected chi connectivity index (χ4v) is 2.06. The van der Waals surface area contributed by atoms with Crippen LogP contribution in [0.4, 0.5) is 0 Å². The lowest BCUT2D eigenvalue weighted by molar-refractivity contribution is -0.139. The molecule has 2 N–H and O–H groups in total. The Morgan fingerprint density at radius 3 is 2.16 bits per heavy atom. The van der Waals surface area contributed by atoms with Gasteiger partial charge in [-0.25, -0.2) is 13.2 Å². The molecule has 0 saturated heterocycles. The molecule has 104 valence electrons. The van der Waals surface area contributed by atoms with Gasteiger partial charge >= 0.3 is 5.97 Å². The predicted octanol–water partition coefficient (Wildman–Crippen LogP) is 0.683. The summed E-state index contributed by atoms with van der Waals surface area (Å²) in [5.74, 6) is -1.65. The van der Waals surface area contributed by atoms with E-state index in [4.69, 9.17) is 5.11 Å². The highest BCUT2D eigenvalue weighted by molar-refractivity contribution is 7.90. The molecule has 0 aliphatic rings. The molecule has 1 rings (SSSR count). The highest BCUT2D eigenvalue weighted by Crippen LogP contribution is 2.10. The maximum Gasteiger partial charge on any atom is 0.326 e. The molecular weight excluding hydrogens is 270 g/mol. The van der Waals surface area contributed by atoms with E-state index in [2.05, 4.69) is 5.32 Å². The first-order valence-corrected chi connectivity index (χ1v) is 7.48. The van der Waals surface area contributed by atoms with Gasteiger partial charge in [-0.1, -0.05) is 6.92 Å². The normalized spacial score (nSPS) is 12.7. The summed E-state index contributed by atoms with van der Waals surface area (Å²) in [6.45, 7) is 1.64. The Balaban J connectivity index is 2.87. The molecule has 0 aliphatic carbocycles. The molecule has 1 amide bonds. The van der Waals surface area contributed by atoms with E-state index >= 15 is 0 Å². The summed E-state index contributed by atoms with van der Waals surface area (Å²) in [7, 11) is -3.31. The molecule has 7 heteroatoms. The summed E-state index contributed by atoms with van der Waals surface area (Å²) in [6, 6.07) is 4.36. The minimum absolute atomic E-state index is 0.106. The van der Waals surface area contributed by atoms with Crippen LogP contribution in [0.3, 0.4) is 0 Å². The summed E-state index contributed by atoms with van der Waals surface area (Å²) >= 11 is 0. The van der Waals surface area contributed by atoms with Crippen LogP contribution in [0.5, 0.6) is 0 Å². The van der Waals surface area contributed by atoms with Crippen LogP contribution < -0.4 is 5.32 Å². The number of nitrogens with one attached hydrogen (secondary N) is 1. The molecule has 0 aliphatic heterocycles. The third-order valence-corrected chi connectivity index (χ3v) is 3.68. The summed E-state index contributed by atoms with van der Waals surface area (Å²) in [4.78, 5) is 22.7. The molecule has 0 spiro atoms. The number of carbonyl (C=O) groups excluding carboxylic acids is 1. The van der Waals surface area contributed by atoms with Crippen molar-refractivity contribution in [1.82, 2.24) is 5.32 Å². The third-order valence-electron chi connectivity index (χ3n) is 2.56. The maximum absolute atomic E-state index is 11.8. The van der Waals surface area contributed by atoms with E-state index in [9.17, 15) is 18.0 Å². The second-order valence-electron chi connectivity index (χ2n) is 4.07. The third kappa shape index (κ3) is 4.06. The van der Waals surface area contributed by atoms with Gasteiger partial charge in [0.2, 0.25) is 0 Å². The highest BCUT2D eigenvalue weighted by Gasteiger charge is 2.18. The predicted molar refractivity (Wildman–Crippen MR) is 68.7 cm³/mol. The molecule has 0 saturated carbocycles. The highest BCUT2D eigenvalue weighted by atomic mass is 32.2. The SMILES string of the molecule is CCC(NC(=O)c1ccc(S(C)(=O)=O)cc1)C(=O)O. The van der Waals surface area contributed by atoms with Crippen LogP contribution in [0.25, 0.3) is 0 Å². The van der Waals surface area contributed by atoms with Gasteiger partial charge in [0, 0.05) is 11.8 Å². The zero-order valence-electron chi connectivity index (χ0n) is 10.6. The summed E-state index contributed by atoms with van der Waals surface area (Å²) in [5, 5.41) is 11.2. The number of carboxylic acids is 1. The fraction of sp³-hybridized carbons (Fsp3) is 0.333. The van der Waals surface area contributed by atoms with Crippen molar-refractivity contribution >= 4 is 21.7 Å². The molecule has 6 nitrogen and oxygen atoms in total. The van der Waals surface area contributed by atoms with E-state index in [1.54, 1.807) is 6.92 Å². The Labute approximate surface area is 111 Å². The fourth-order valence-electron chi connectivity index (χ4n) is 1.43. The molecule has 0 radical (unpaired) electrons. The van der Waals surface area contributed by atoms with Gasteiger partial charge in [-0.2, -0.15) is 0 Å². The average Bonchev–Trinajstić information content (AvgIpc) is 2.34. The van der Waals surface area contributed by atoms with Crippen LogP contribution >= 0.6 is 0 Å². The number of aliphatic carboxylic acids is 1. The first kappa shape index (κ1) is 15.2. The zero-order chi connectivity index (χ0) is 14.6. The van der Waals surface area contributed by atoms with Crippen LogP contribution in [0.2, 0.25) is 0 Å². The quantitative estimate of drug-likeness (QED) is 0.828. The number of amides is 1. The van der Waals surface area contributed by atoms with Gasteiger partial charge < -0.3 is 10.4 Å². The zero-order valence-corrected chi connectivity index (χ0v) is 11.4. The average molecular weight is 285 g/mol. The molecule has 1 atom stereocenters. The van der Waals surface area contributed by atoms with Crippen molar-refractivity contribution in [3.8, 4) is 0 Å². The Hall–Kier alpha value is -1.89. The standard InChI is InChI=1S/C12H15NO5S/c1-3-10(12(15)16)13-11(14)8-4-6-9(7-5-8)19(2,17)18/h4-7,10H,3H2,1-2H3,(H,13,14)(H,15,16). The number of benzene rings is 1. The Kier molecular flexibility index (Phi) is 4.66. The second kappa shape index (κ2) is 5.83. The van der Waals surface area contributed by atoms with Crippen LogP contribution in [0, 0.1) is 0 Å². The van der Waals surface area contributed by atoms with Gasteiger partial charge in [0.1, 0.15) is 6.04 Å². The van der Waals surface area contributed by atoms with Gasteiger partial charge in [0.15, 0.2) is 9.84 Å². The van der Waals surface area contributed by atoms with Crippen molar-refractivity contribution < 1.29 is 23.1 Å². The first-order chi connectivity index (χ1) is 8.75. The molecule has 1 unspecified atom stereocenters. The van der Waals surface area contributed by atoms with Crippen molar-refractivity contribution in [1.29, 1.82) is 0 Å². The largest absolute Gasteiger partial charge is 0.480 e. The lowest BCUT2D eigenvalue weighted by Gasteiger charge is -2.12. The second-order valence-corrected chi connectivity index (χ2v) is 6.08. The van der Waals surface area contributed by atoms with Gasteiger partial charge in [0.05, 0.1) is 4.90 Å². The van der Waals surface area contributed by atoms with Crippen molar-refractivity contribution in [3.05, 3.63) is 29.8 Å². The number of hydrogen-bond donors (Lipinski definition) is 2. The number of hydrogen-bond acceptors (Lipinski definition) is 4. The van der Waals surface area contributed by atoms with E-state index in [0.717, 1.165) is 6.26 Å².